The highest BCUT2D eigenvalue weighted by Crippen LogP contribution is 1.96. The van der Waals surface area contributed by atoms with Gasteiger partial charge >= 0.3 is 0 Å². The molecule has 1 nitrogen and oxygen atoms in total. The van der Waals surface area contributed by atoms with Crippen LogP contribution in [0, 0.1) is 0 Å². The van der Waals surface area contributed by atoms with Gasteiger partial charge in [0.15, 0.2) is 0 Å². The van der Waals surface area contributed by atoms with Gasteiger partial charge in [0.1, 0.15) is 13.1 Å². The lowest BCUT2D eigenvalue weighted by Gasteiger charge is -2.01. The molecular weight excluding hydrogens is 218 g/mol. The van der Waals surface area contributed by atoms with Gasteiger partial charge in [-0.15, -0.1) is 12.4 Å². The molecule has 0 aliphatic carbocycles. The van der Waals surface area contributed by atoms with Crippen molar-refractivity contribution in [2.45, 2.75) is 13.1 Å². The van der Waals surface area contributed by atoms with E-state index in [1.807, 2.05) is 0 Å². The zero-order chi connectivity index (χ0) is 10.3. The lowest BCUT2D eigenvalue weighted by atomic mass is 10.2. The quantitative estimate of drug-likeness (QED) is 0.837. The van der Waals surface area contributed by atoms with Crippen molar-refractivity contribution in [3.63, 3.8) is 0 Å². The Hall–Kier alpha value is -1.31. The van der Waals surface area contributed by atoms with E-state index >= 15 is 0 Å². The molecule has 0 heterocycles. The van der Waals surface area contributed by atoms with Crippen LogP contribution in [0.25, 0.3) is 0 Å². The van der Waals surface area contributed by atoms with Gasteiger partial charge in [0.2, 0.25) is 0 Å². The van der Waals surface area contributed by atoms with E-state index in [0.717, 1.165) is 13.1 Å². The predicted octanol–water partition coefficient (Wildman–Crippen LogP) is 2.37. The zero-order valence-corrected chi connectivity index (χ0v) is 9.99. The minimum atomic E-state index is 0. The Morgan fingerprint density at radius 2 is 1.00 bits per heavy atom. The molecule has 0 atom stereocenters. The number of hydrogen-bond acceptors (Lipinski definition) is 0. The van der Waals surface area contributed by atoms with Gasteiger partial charge in [-0.1, -0.05) is 60.7 Å². The first-order chi connectivity index (χ1) is 7.45. The lowest BCUT2D eigenvalue weighted by molar-refractivity contribution is -0.686. The van der Waals surface area contributed by atoms with Crippen LogP contribution in [0.2, 0.25) is 0 Å². The summed E-state index contributed by atoms with van der Waals surface area (Å²) in [5.41, 5.74) is 2.77. The molecule has 2 N–H and O–H groups in total. The van der Waals surface area contributed by atoms with Crippen LogP contribution < -0.4 is 5.32 Å². The smallest absolute Gasteiger partial charge is 0.101 e. The van der Waals surface area contributed by atoms with Crippen molar-refractivity contribution in [3.8, 4) is 0 Å². The fourth-order valence-corrected chi connectivity index (χ4v) is 1.63. The van der Waals surface area contributed by atoms with Crippen LogP contribution in [0.3, 0.4) is 0 Å². The van der Waals surface area contributed by atoms with Crippen molar-refractivity contribution in [1.29, 1.82) is 0 Å². The van der Waals surface area contributed by atoms with Crippen LogP contribution in [-0.2, 0) is 13.1 Å². The number of benzene rings is 2. The molecule has 0 aromatic heterocycles. The van der Waals surface area contributed by atoms with Gasteiger partial charge in [-0.25, -0.2) is 0 Å². The fraction of sp³-hybridized carbons (Fsp3) is 0.143. The molecule has 0 radical (unpaired) electrons. The zero-order valence-electron chi connectivity index (χ0n) is 9.17. The highest BCUT2D eigenvalue weighted by atomic mass is 35.5. The minimum Gasteiger partial charge on any atom is -0.339 e. The van der Waals surface area contributed by atoms with Crippen molar-refractivity contribution in [2.24, 2.45) is 0 Å². The molecule has 0 saturated heterocycles. The maximum atomic E-state index is 2.32. The van der Waals surface area contributed by atoms with E-state index in [1.165, 1.54) is 11.1 Å². The van der Waals surface area contributed by atoms with Crippen molar-refractivity contribution in [1.82, 2.24) is 0 Å². The Kier molecular flexibility index (Phi) is 5.62. The normalized spacial score (nSPS) is 9.50. The van der Waals surface area contributed by atoms with Crippen LogP contribution in [0.5, 0.6) is 0 Å². The van der Waals surface area contributed by atoms with Gasteiger partial charge in [0.25, 0.3) is 0 Å². The van der Waals surface area contributed by atoms with Gasteiger partial charge in [0, 0.05) is 11.1 Å². The third kappa shape index (κ3) is 4.05. The molecule has 0 saturated carbocycles. The highest BCUT2D eigenvalue weighted by Gasteiger charge is 1.95. The third-order valence-corrected chi connectivity index (χ3v) is 2.45. The number of nitrogens with two attached hydrogens (primary N) is 1. The summed E-state index contributed by atoms with van der Waals surface area (Å²) in [5, 5.41) is 2.32. The second-order valence-corrected chi connectivity index (χ2v) is 3.67. The van der Waals surface area contributed by atoms with Crippen molar-refractivity contribution < 1.29 is 5.32 Å². The summed E-state index contributed by atoms with van der Waals surface area (Å²) in [4.78, 5) is 0. The number of halogens is 1. The molecule has 2 aromatic carbocycles. The summed E-state index contributed by atoms with van der Waals surface area (Å²) < 4.78 is 0. The van der Waals surface area contributed by atoms with Crippen LogP contribution in [0.4, 0.5) is 0 Å². The maximum absolute atomic E-state index is 2.32. The van der Waals surface area contributed by atoms with E-state index in [2.05, 4.69) is 66.0 Å². The lowest BCUT2D eigenvalue weighted by Crippen LogP contribution is -2.80. The van der Waals surface area contributed by atoms with E-state index < -0.39 is 0 Å². The molecule has 2 heteroatoms. The summed E-state index contributed by atoms with van der Waals surface area (Å²) >= 11 is 0. The standard InChI is InChI=1S/C14H15N.ClH/c1-3-7-13(8-4-1)11-15-12-14-9-5-2-6-10-14;/h1-10,15H,11-12H2;1H/p+1. The molecule has 0 amide bonds. The van der Waals surface area contributed by atoms with E-state index in [-0.39, 0.29) is 12.4 Å². The van der Waals surface area contributed by atoms with E-state index in [9.17, 15) is 0 Å². The monoisotopic (exact) mass is 234 g/mol. The van der Waals surface area contributed by atoms with E-state index in [0.29, 0.717) is 0 Å². The van der Waals surface area contributed by atoms with Crippen molar-refractivity contribution in [3.05, 3.63) is 71.8 Å². The molecule has 0 spiro atoms. The second-order valence-electron chi connectivity index (χ2n) is 3.67. The maximum Gasteiger partial charge on any atom is 0.101 e. The Morgan fingerprint density at radius 1 is 0.625 bits per heavy atom. The third-order valence-electron chi connectivity index (χ3n) is 2.45. The Morgan fingerprint density at radius 3 is 1.38 bits per heavy atom. The topological polar surface area (TPSA) is 16.6 Å². The van der Waals surface area contributed by atoms with Crippen LogP contribution in [0.15, 0.2) is 60.7 Å². The van der Waals surface area contributed by atoms with E-state index in [1.54, 1.807) is 0 Å². The Bertz CT molecular complexity index is 346. The minimum absolute atomic E-state index is 0. The van der Waals surface area contributed by atoms with E-state index in [4.69, 9.17) is 0 Å². The second kappa shape index (κ2) is 7.04. The fourth-order valence-electron chi connectivity index (χ4n) is 1.63. The first-order valence-electron chi connectivity index (χ1n) is 5.34. The summed E-state index contributed by atoms with van der Waals surface area (Å²) in [6.07, 6.45) is 0. The highest BCUT2D eigenvalue weighted by molar-refractivity contribution is 5.85. The van der Waals surface area contributed by atoms with Gasteiger partial charge in [-0.2, -0.15) is 0 Å². The average Bonchev–Trinajstić information content (AvgIpc) is 2.32. The average molecular weight is 235 g/mol. The van der Waals surface area contributed by atoms with Gasteiger partial charge in [0.05, 0.1) is 0 Å². The molecule has 0 bridgehead atoms. The first kappa shape index (κ1) is 12.8. The van der Waals surface area contributed by atoms with Gasteiger partial charge < -0.3 is 5.32 Å². The molecular formula is C14H17ClN+. The van der Waals surface area contributed by atoms with Crippen molar-refractivity contribution in [2.75, 3.05) is 0 Å². The Balaban J connectivity index is 0.00000128. The number of hydrogen-bond donors (Lipinski definition) is 1. The summed E-state index contributed by atoms with van der Waals surface area (Å²) in [7, 11) is 0. The van der Waals surface area contributed by atoms with Crippen LogP contribution in [0.1, 0.15) is 11.1 Å². The van der Waals surface area contributed by atoms with Gasteiger partial charge in [-0.05, 0) is 0 Å². The van der Waals surface area contributed by atoms with Crippen molar-refractivity contribution >= 4 is 12.4 Å². The largest absolute Gasteiger partial charge is 0.339 e. The first-order valence-corrected chi connectivity index (χ1v) is 5.34. The van der Waals surface area contributed by atoms with Gasteiger partial charge in [-0.3, -0.25) is 0 Å². The molecule has 0 unspecified atom stereocenters. The molecule has 2 rings (SSSR count). The molecule has 2 aromatic rings. The molecule has 16 heavy (non-hydrogen) atoms. The summed E-state index contributed by atoms with van der Waals surface area (Å²) in [6, 6.07) is 21.1. The number of quaternary nitrogens is 1. The predicted molar refractivity (Wildman–Crippen MR) is 69.5 cm³/mol. The number of rotatable bonds is 4. The summed E-state index contributed by atoms with van der Waals surface area (Å²) in [5.74, 6) is 0. The van der Waals surface area contributed by atoms with Crippen LogP contribution in [-0.4, -0.2) is 0 Å². The summed E-state index contributed by atoms with van der Waals surface area (Å²) in [6.45, 7) is 2.10. The van der Waals surface area contributed by atoms with Crippen LogP contribution >= 0.6 is 12.4 Å². The Labute approximate surface area is 103 Å². The SMILES string of the molecule is Cl.c1ccc(C[NH2+]Cc2ccccc2)cc1. The molecule has 84 valence electrons. The molecule has 0 fully saturated rings. The molecule has 0 aliphatic rings. The molecule has 0 aliphatic heterocycles.